The van der Waals surface area contributed by atoms with Crippen LogP contribution in [0.25, 0.3) is 0 Å². The van der Waals surface area contributed by atoms with Gasteiger partial charge in [-0.25, -0.2) is 0 Å². The van der Waals surface area contributed by atoms with E-state index in [2.05, 4.69) is 55.4 Å². The van der Waals surface area contributed by atoms with Gasteiger partial charge in [0, 0.05) is 47.8 Å². The fraction of sp³-hybridized carbons (Fsp3) is 0.900. The molecule has 0 spiro atoms. The third-order valence-electron chi connectivity index (χ3n) is 15.9. The van der Waals surface area contributed by atoms with E-state index in [0.29, 0.717) is 0 Å². The third kappa shape index (κ3) is 177. The maximum Gasteiger partial charge on any atom is 2.00 e. The number of carbonyl (C=O) groups is 8. The zero-order chi connectivity index (χ0) is 73.9. The summed E-state index contributed by atoms with van der Waals surface area (Å²) in [7, 11) is 0. The Balaban J connectivity index is -0.0000000880. The number of aliphatic carboxylic acids is 8. The van der Waals surface area contributed by atoms with Crippen molar-refractivity contribution in [2.24, 2.45) is 0 Å². The van der Waals surface area contributed by atoms with E-state index in [0.717, 1.165) is 103 Å². The van der Waals surface area contributed by atoms with Gasteiger partial charge in [-0.3, -0.25) is 0 Å². The van der Waals surface area contributed by atoms with E-state index in [1.54, 1.807) is 0 Å². The predicted molar refractivity (Wildman–Crippen MR) is 381 cm³/mol. The summed E-state index contributed by atoms with van der Waals surface area (Å²) in [6.45, 7) is 17.5. The van der Waals surface area contributed by atoms with E-state index in [4.69, 9.17) is 0 Å². The summed E-state index contributed by atoms with van der Waals surface area (Å²) in [6, 6.07) is 0. The minimum absolute atomic E-state index is 0. The maximum absolute atomic E-state index is 10.0. The van der Waals surface area contributed by atoms with Crippen molar-refractivity contribution in [3.05, 3.63) is 0 Å². The first-order valence-corrected chi connectivity index (χ1v) is 39.8. The Bertz CT molecular complexity index is 1240. The molecular formula is C80H152Cu4O16. The molecule has 612 valence electrons. The van der Waals surface area contributed by atoms with Crippen LogP contribution in [0.5, 0.6) is 0 Å². The molecule has 0 heterocycles. The van der Waals surface area contributed by atoms with Gasteiger partial charge in [0.25, 0.3) is 0 Å². The molecule has 16 nitrogen and oxygen atoms in total. The molecular weight excluding hydrogens is 1470 g/mol. The maximum atomic E-state index is 10.0. The molecule has 0 aromatic rings. The Hall–Kier alpha value is -2.16. The summed E-state index contributed by atoms with van der Waals surface area (Å²) in [5.41, 5.74) is 0. The number of carboxylic acids is 8. The standard InChI is InChI=1S/8C10H20O2.4Cu/c8*1-2-3-4-5-6-7-8-9-10(11)12;;;;/h8*2-9H2,1H3,(H,11,12);;;;/q;;;;;;;;4*+2/p-8. The van der Waals surface area contributed by atoms with Crippen molar-refractivity contribution in [3.8, 4) is 0 Å². The van der Waals surface area contributed by atoms with Crippen LogP contribution in [0.1, 0.15) is 466 Å². The fourth-order valence-electron chi connectivity index (χ4n) is 9.81. The van der Waals surface area contributed by atoms with Crippen LogP contribution in [0.15, 0.2) is 0 Å². The van der Waals surface area contributed by atoms with Crippen LogP contribution in [-0.4, -0.2) is 47.8 Å². The molecule has 4 radical (unpaired) electrons. The van der Waals surface area contributed by atoms with Gasteiger partial charge < -0.3 is 79.2 Å². The van der Waals surface area contributed by atoms with E-state index in [-0.39, 0.29) is 120 Å². The van der Waals surface area contributed by atoms with Crippen LogP contribution >= 0.6 is 0 Å². The molecule has 100 heavy (non-hydrogen) atoms. The van der Waals surface area contributed by atoms with E-state index < -0.39 is 47.8 Å². The van der Waals surface area contributed by atoms with Crippen molar-refractivity contribution >= 4 is 47.8 Å². The van der Waals surface area contributed by atoms with Gasteiger partial charge in [-0.15, -0.1) is 0 Å². The first-order chi connectivity index (χ1) is 46.2. The zero-order valence-corrected chi connectivity index (χ0v) is 68.8. The van der Waals surface area contributed by atoms with Crippen molar-refractivity contribution in [2.75, 3.05) is 0 Å². The molecule has 0 aliphatic heterocycles. The molecule has 0 N–H and O–H groups in total. The van der Waals surface area contributed by atoms with Gasteiger partial charge in [0.1, 0.15) is 0 Å². The molecule has 0 aromatic carbocycles. The second kappa shape index (κ2) is 121. The van der Waals surface area contributed by atoms with E-state index in [1.165, 1.54) is 257 Å². The molecule has 0 fully saturated rings. The summed E-state index contributed by atoms with van der Waals surface area (Å²) in [6.07, 6.45) is 66.7. The number of carbonyl (C=O) groups excluding carboxylic acids is 8. The van der Waals surface area contributed by atoms with Crippen LogP contribution in [0.3, 0.4) is 0 Å². The van der Waals surface area contributed by atoms with Crippen molar-refractivity contribution in [1.82, 2.24) is 0 Å². The number of carboxylic acid groups (broad SMARTS) is 8. The summed E-state index contributed by atoms with van der Waals surface area (Å²) >= 11 is 0. The van der Waals surface area contributed by atoms with Crippen molar-refractivity contribution in [3.63, 3.8) is 0 Å². The molecule has 20 heteroatoms. The molecule has 0 aliphatic rings. The second-order valence-electron chi connectivity index (χ2n) is 25.9. The second-order valence-corrected chi connectivity index (χ2v) is 25.9. The van der Waals surface area contributed by atoms with E-state index in [1.807, 2.05) is 0 Å². The Labute approximate surface area is 657 Å². The molecule has 0 bridgehead atoms. The fourth-order valence-corrected chi connectivity index (χ4v) is 9.81. The SMILES string of the molecule is CCCCCCCCCC(=O)[O-].CCCCCCCCCC(=O)[O-].CCCCCCCCCC(=O)[O-].CCCCCCCCCC(=O)[O-].CCCCCCCCCC(=O)[O-].CCCCCCCCCC(=O)[O-].CCCCCCCCCC(=O)[O-].CCCCCCCCCC(=O)[O-].[Cu+2].[Cu+2].[Cu+2].[Cu+2]. The summed E-state index contributed by atoms with van der Waals surface area (Å²) in [5.74, 6) is -7.31. The van der Waals surface area contributed by atoms with Gasteiger partial charge in [0.05, 0.1) is 0 Å². The van der Waals surface area contributed by atoms with Gasteiger partial charge in [-0.05, 0) is 103 Å². The minimum Gasteiger partial charge on any atom is -0.550 e. The average Bonchev–Trinajstić information content (AvgIpc) is 3.60. The molecule has 0 saturated carbocycles. The number of rotatable bonds is 64. The normalized spacial score (nSPS) is 9.68. The van der Waals surface area contributed by atoms with E-state index in [9.17, 15) is 79.2 Å². The average molecular weight is 1620 g/mol. The Morgan fingerprint density at radius 2 is 0.190 bits per heavy atom. The van der Waals surface area contributed by atoms with Crippen molar-refractivity contribution < 1.29 is 147 Å². The number of unbranched alkanes of at least 4 members (excludes halogenated alkanes) is 48. The molecule has 0 aliphatic carbocycles. The molecule has 0 unspecified atom stereocenters. The predicted octanol–water partition coefficient (Wildman–Crippen LogP) is 15.0. The zero-order valence-electron chi connectivity index (χ0n) is 65.0. The van der Waals surface area contributed by atoms with Crippen LogP contribution in [0.2, 0.25) is 0 Å². The molecule has 0 aromatic heterocycles. The Morgan fingerprint density at radius 3 is 0.250 bits per heavy atom. The number of hydrogen-bond donors (Lipinski definition) is 0. The minimum atomic E-state index is -0.913. The molecule has 0 rings (SSSR count). The number of hydrogen-bond acceptors (Lipinski definition) is 16. The smallest absolute Gasteiger partial charge is 0.550 e. The molecule has 0 amide bonds. The van der Waals surface area contributed by atoms with Gasteiger partial charge in [0.2, 0.25) is 0 Å². The van der Waals surface area contributed by atoms with Gasteiger partial charge >= 0.3 is 68.3 Å². The Kier molecular flexibility index (Phi) is 150. The molecule has 0 atom stereocenters. The van der Waals surface area contributed by atoms with Crippen LogP contribution in [0, 0.1) is 0 Å². The van der Waals surface area contributed by atoms with Crippen molar-refractivity contribution in [1.29, 1.82) is 0 Å². The monoisotopic (exact) mass is 1620 g/mol. The summed E-state index contributed by atoms with van der Waals surface area (Å²) < 4.78 is 0. The van der Waals surface area contributed by atoms with Crippen LogP contribution < -0.4 is 40.9 Å². The van der Waals surface area contributed by atoms with Crippen molar-refractivity contribution in [2.45, 2.75) is 466 Å². The largest absolute Gasteiger partial charge is 2.00 e. The van der Waals surface area contributed by atoms with Gasteiger partial charge in [-0.1, -0.05) is 364 Å². The summed E-state index contributed by atoms with van der Waals surface area (Å²) in [5, 5.41) is 80.2. The third-order valence-corrected chi connectivity index (χ3v) is 15.9. The van der Waals surface area contributed by atoms with Crippen LogP contribution in [-0.2, 0) is 107 Å². The van der Waals surface area contributed by atoms with Gasteiger partial charge in [0.15, 0.2) is 0 Å². The first-order valence-electron chi connectivity index (χ1n) is 39.8. The quantitative estimate of drug-likeness (QED) is 0.0403. The summed E-state index contributed by atoms with van der Waals surface area (Å²) in [4.78, 5) is 80.2. The molecule has 0 saturated heterocycles. The van der Waals surface area contributed by atoms with E-state index >= 15 is 0 Å². The van der Waals surface area contributed by atoms with Crippen LogP contribution in [0.4, 0.5) is 0 Å². The topological polar surface area (TPSA) is 321 Å². The first kappa shape index (κ1) is 125. The Morgan fingerprint density at radius 1 is 0.130 bits per heavy atom. The van der Waals surface area contributed by atoms with Gasteiger partial charge in [-0.2, -0.15) is 0 Å².